The molecule has 1 aliphatic heterocycles. The van der Waals surface area contributed by atoms with Crippen LogP contribution in [0.4, 0.5) is 0 Å². The Balaban J connectivity index is 1.51. The van der Waals surface area contributed by atoms with E-state index in [0.717, 1.165) is 37.5 Å². The van der Waals surface area contributed by atoms with E-state index in [1.54, 1.807) is 0 Å². The smallest absolute Gasteiger partial charge is 0.151 e. The predicted octanol–water partition coefficient (Wildman–Crippen LogP) is 1.06. The topological polar surface area (TPSA) is 79.0 Å². The van der Waals surface area contributed by atoms with E-state index < -0.39 is 9.84 Å². The summed E-state index contributed by atoms with van der Waals surface area (Å²) in [7, 11) is -0.858. The summed E-state index contributed by atoms with van der Waals surface area (Å²) in [5.74, 6) is 2.22. The van der Waals surface area contributed by atoms with Crippen LogP contribution in [0.2, 0.25) is 0 Å². The zero-order chi connectivity index (χ0) is 16.3. The van der Waals surface area contributed by atoms with Gasteiger partial charge in [0.05, 0.1) is 11.5 Å². The Morgan fingerprint density at radius 3 is 2.78 bits per heavy atom. The Morgan fingerprint density at radius 2 is 2.09 bits per heavy atom. The highest BCUT2D eigenvalue weighted by atomic mass is 32.2. The first-order valence-electron chi connectivity index (χ1n) is 7.86. The van der Waals surface area contributed by atoms with Crippen LogP contribution in [0.15, 0.2) is 30.3 Å². The van der Waals surface area contributed by atoms with E-state index in [1.807, 2.05) is 25.2 Å². The van der Waals surface area contributed by atoms with Crippen molar-refractivity contribution in [3.8, 4) is 0 Å². The van der Waals surface area contributed by atoms with E-state index in [0.29, 0.717) is 5.75 Å². The normalized spacial score (nSPS) is 20.2. The van der Waals surface area contributed by atoms with Gasteiger partial charge in [-0.05, 0) is 19.0 Å². The average molecular weight is 334 g/mol. The minimum Gasteiger partial charge on any atom is -0.302 e. The largest absolute Gasteiger partial charge is 0.302 e. The van der Waals surface area contributed by atoms with Crippen LogP contribution >= 0.6 is 0 Å². The molecule has 0 amide bonds. The van der Waals surface area contributed by atoms with Crippen LogP contribution in [0, 0.1) is 0 Å². The molecule has 23 heavy (non-hydrogen) atoms. The van der Waals surface area contributed by atoms with Crippen LogP contribution < -0.4 is 0 Å². The molecule has 2 heterocycles. The summed E-state index contributed by atoms with van der Waals surface area (Å²) in [4.78, 5) is 6.63. The minimum atomic E-state index is -2.83. The van der Waals surface area contributed by atoms with Crippen molar-refractivity contribution in [3.63, 3.8) is 0 Å². The standard InChI is InChI=1S/C16H22N4O2S/c1-20(14-8-10-23(21,22)12-14)9-7-15-17-16(19-18-15)11-13-5-3-2-4-6-13/h2-6,14H,7-12H2,1H3,(H,17,18,19)/t14-/m1/s1. The van der Waals surface area contributed by atoms with Gasteiger partial charge in [0.1, 0.15) is 5.82 Å². The van der Waals surface area contributed by atoms with Crippen LogP contribution in [0.3, 0.4) is 0 Å². The van der Waals surface area contributed by atoms with Gasteiger partial charge in [-0.15, -0.1) is 0 Å². The molecule has 6 nitrogen and oxygen atoms in total. The summed E-state index contributed by atoms with van der Waals surface area (Å²) in [6.07, 6.45) is 2.19. The number of hydrogen-bond donors (Lipinski definition) is 1. The van der Waals surface area contributed by atoms with Gasteiger partial charge in [-0.2, -0.15) is 5.10 Å². The van der Waals surface area contributed by atoms with Crippen molar-refractivity contribution in [2.75, 3.05) is 25.1 Å². The van der Waals surface area contributed by atoms with E-state index in [1.165, 1.54) is 5.56 Å². The van der Waals surface area contributed by atoms with Crippen LogP contribution in [0.5, 0.6) is 0 Å². The SMILES string of the molecule is CN(CCc1n[nH]c(Cc2ccccc2)n1)[C@@H]1CCS(=O)(=O)C1. The molecule has 0 bridgehead atoms. The van der Waals surface area contributed by atoms with Crippen LogP contribution in [-0.4, -0.2) is 59.6 Å². The molecule has 0 saturated carbocycles. The van der Waals surface area contributed by atoms with Crippen LogP contribution in [0.1, 0.15) is 23.6 Å². The molecule has 124 valence electrons. The summed E-state index contributed by atoms with van der Waals surface area (Å²) in [5.41, 5.74) is 1.20. The number of aromatic amines is 1. The van der Waals surface area contributed by atoms with Gasteiger partial charge in [-0.1, -0.05) is 30.3 Å². The molecule has 7 heteroatoms. The van der Waals surface area contributed by atoms with Crippen molar-refractivity contribution >= 4 is 9.84 Å². The van der Waals surface area contributed by atoms with Gasteiger partial charge in [-0.3, -0.25) is 5.10 Å². The third kappa shape index (κ3) is 4.39. The second kappa shape index (κ2) is 6.80. The lowest BCUT2D eigenvalue weighted by molar-refractivity contribution is 0.264. The van der Waals surface area contributed by atoms with Crippen molar-refractivity contribution in [3.05, 3.63) is 47.5 Å². The van der Waals surface area contributed by atoms with E-state index >= 15 is 0 Å². The Morgan fingerprint density at radius 1 is 1.30 bits per heavy atom. The maximum atomic E-state index is 11.5. The number of H-pyrrole nitrogens is 1. The van der Waals surface area contributed by atoms with E-state index in [4.69, 9.17) is 0 Å². The monoisotopic (exact) mass is 334 g/mol. The fraction of sp³-hybridized carbons (Fsp3) is 0.500. The summed E-state index contributed by atoms with van der Waals surface area (Å²) in [6.45, 7) is 0.767. The Kier molecular flexibility index (Phi) is 4.77. The fourth-order valence-corrected chi connectivity index (χ4v) is 4.70. The maximum Gasteiger partial charge on any atom is 0.151 e. The van der Waals surface area contributed by atoms with Crippen LogP contribution in [-0.2, 0) is 22.7 Å². The van der Waals surface area contributed by atoms with Crippen molar-refractivity contribution in [2.45, 2.75) is 25.3 Å². The number of rotatable bonds is 6. The molecular weight excluding hydrogens is 312 g/mol. The van der Waals surface area contributed by atoms with Gasteiger partial charge in [0.15, 0.2) is 15.7 Å². The molecule has 1 aromatic carbocycles. The second-order valence-electron chi connectivity index (χ2n) is 6.15. The van der Waals surface area contributed by atoms with Crippen LogP contribution in [0.25, 0.3) is 0 Å². The third-order valence-electron chi connectivity index (χ3n) is 4.31. The van der Waals surface area contributed by atoms with E-state index in [2.05, 4.69) is 32.2 Å². The first-order chi connectivity index (χ1) is 11.0. The molecule has 2 aromatic rings. The third-order valence-corrected chi connectivity index (χ3v) is 6.06. The molecule has 0 spiro atoms. The van der Waals surface area contributed by atoms with E-state index in [9.17, 15) is 8.42 Å². The summed E-state index contributed by atoms with van der Waals surface area (Å²) in [5, 5.41) is 7.24. The molecule has 1 saturated heterocycles. The maximum absolute atomic E-state index is 11.5. The quantitative estimate of drug-likeness (QED) is 0.854. The Bertz CT molecular complexity index is 742. The number of sulfone groups is 1. The highest BCUT2D eigenvalue weighted by Crippen LogP contribution is 2.16. The molecular formula is C16H22N4O2S. The van der Waals surface area contributed by atoms with Gasteiger partial charge in [0.2, 0.25) is 0 Å². The van der Waals surface area contributed by atoms with Crippen molar-refractivity contribution in [2.24, 2.45) is 0 Å². The molecule has 1 aromatic heterocycles. The van der Waals surface area contributed by atoms with E-state index in [-0.39, 0.29) is 11.8 Å². The summed E-state index contributed by atoms with van der Waals surface area (Å²) in [6, 6.07) is 10.3. The molecule has 0 radical (unpaired) electrons. The van der Waals surface area contributed by atoms with Gasteiger partial charge in [-0.25, -0.2) is 13.4 Å². The van der Waals surface area contributed by atoms with Crippen molar-refractivity contribution in [1.82, 2.24) is 20.1 Å². The van der Waals surface area contributed by atoms with Gasteiger partial charge < -0.3 is 4.90 Å². The molecule has 1 atom stereocenters. The van der Waals surface area contributed by atoms with Crippen molar-refractivity contribution < 1.29 is 8.42 Å². The average Bonchev–Trinajstić information content (AvgIpc) is 3.12. The number of hydrogen-bond acceptors (Lipinski definition) is 5. The lowest BCUT2D eigenvalue weighted by Crippen LogP contribution is -2.34. The fourth-order valence-electron chi connectivity index (χ4n) is 2.90. The highest BCUT2D eigenvalue weighted by molar-refractivity contribution is 7.91. The highest BCUT2D eigenvalue weighted by Gasteiger charge is 2.30. The predicted molar refractivity (Wildman–Crippen MR) is 89.0 cm³/mol. The lowest BCUT2D eigenvalue weighted by atomic mass is 10.1. The minimum absolute atomic E-state index is 0.128. The molecule has 1 N–H and O–H groups in total. The van der Waals surface area contributed by atoms with Gasteiger partial charge >= 0.3 is 0 Å². The molecule has 3 rings (SSSR count). The number of nitrogens with zero attached hydrogens (tertiary/aromatic N) is 3. The molecule has 0 unspecified atom stereocenters. The molecule has 1 fully saturated rings. The number of nitrogens with one attached hydrogen (secondary N) is 1. The lowest BCUT2D eigenvalue weighted by Gasteiger charge is -2.22. The zero-order valence-corrected chi connectivity index (χ0v) is 14.1. The first-order valence-corrected chi connectivity index (χ1v) is 9.69. The Labute approximate surface area is 136 Å². The zero-order valence-electron chi connectivity index (χ0n) is 13.3. The summed E-state index contributed by atoms with van der Waals surface area (Å²) < 4.78 is 23.1. The molecule has 0 aliphatic carbocycles. The summed E-state index contributed by atoms with van der Waals surface area (Å²) >= 11 is 0. The molecule has 1 aliphatic rings. The van der Waals surface area contributed by atoms with Gasteiger partial charge in [0.25, 0.3) is 0 Å². The Hall–Kier alpha value is -1.73. The van der Waals surface area contributed by atoms with Gasteiger partial charge in [0, 0.05) is 25.4 Å². The number of aromatic nitrogens is 3. The number of likely N-dealkylation sites (N-methyl/N-ethyl adjacent to an activating group) is 1. The second-order valence-corrected chi connectivity index (χ2v) is 8.38. The number of benzene rings is 1. The first kappa shape index (κ1) is 16.1. The van der Waals surface area contributed by atoms with Crippen molar-refractivity contribution in [1.29, 1.82) is 0 Å².